The van der Waals surface area contributed by atoms with Crippen molar-refractivity contribution >= 4 is 23.9 Å². The van der Waals surface area contributed by atoms with Crippen LogP contribution in [0.4, 0.5) is 0 Å². The van der Waals surface area contributed by atoms with Gasteiger partial charge in [-0.2, -0.15) is 10.4 Å². The SMILES string of the molecule is Cc1cc(C)nc(SCC(=O)N/N=C\c2ccc(-c3ccccc3C#N)o2)n1. The number of aromatic nitrogens is 2. The molecule has 8 heteroatoms. The summed E-state index contributed by atoms with van der Waals surface area (Å²) in [6.07, 6.45) is 1.41. The average Bonchev–Trinajstić information content (AvgIpc) is 3.14. The van der Waals surface area contributed by atoms with Gasteiger partial charge < -0.3 is 4.42 Å². The zero-order valence-electron chi connectivity index (χ0n) is 15.3. The predicted molar refractivity (Wildman–Crippen MR) is 107 cm³/mol. The molecule has 7 nitrogen and oxygen atoms in total. The van der Waals surface area contributed by atoms with Crippen LogP contribution in [0.5, 0.6) is 0 Å². The second kappa shape index (κ2) is 8.97. The first-order valence-electron chi connectivity index (χ1n) is 8.41. The third-order valence-electron chi connectivity index (χ3n) is 3.61. The third-order valence-corrected chi connectivity index (χ3v) is 4.46. The fraction of sp³-hybridized carbons (Fsp3) is 0.150. The Balaban J connectivity index is 1.55. The summed E-state index contributed by atoms with van der Waals surface area (Å²) in [6, 6.07) is 14.7. The van der Waals surface area contributed by atoms with E-state index in [4.69, 9.17) is 4.42 Å². The molecule has 1 amide bonds. The van der Waals surface area contributed by atoms with Gasteiger partial charge in [-0.25, -0.2) is 15.4 Å². The molecule has 1 N–H and O–H groups in total. The number of amides is 1. The molecule has 140 valence electrons. The van der Waals surface area contributed by atoms with E-state index < -0.39 is 0 Å². The van der Waals surface area contributed by atoms with Gasteiger partial charge in [0.15, 0.2) is 5.16 Å². The number of nitriles is 1. The van der Waals surface area contributed by atoms with Crippen molar-refractivity contribution < 1.29 is 9.21 Å². The van der Waals surface area contributed by atoms with Crippen LogP contribution in [-0.2, 0) is 4.79 Å². The smallest absolute Gasteiger partial charge is 0.250 e. The molecule has 3 rings (SSSR count). The second-order valence-corrected chi connectivity index (χ2v) is 6.82. The lowest BCUT2D eigenvalue weighted by atomic mass is 10.1. The van der Waals surface area contributed by atoms with Crippen LogP contribution < -0.4 is 5.43 Å². The molecule has 3 aromatic rings. The molecular weight excluding hydrogens is 374 g/mol. The Hall–Kier alpha value is -3.44. The Morgan fingerprint density at radius 1 is 1.25 bits per heavy atom. The maximum Gasteiger partial charge on any atom is 0.250 e. The molecule has 2 aromatic heterocycles. The van der Waals surface area contributed by atoms with Crippen LogP contribution in [0.1, 0.15) is 22.7 Å². The maximum absolute atomic E-state index is 11.9. The van der Waals surface area contributed by atoms with Crippen LogP contribution in [0, 0.1) is 25.2 Å². The van der Waals surface area contributed by atoms with Gasteiger partial charge in [-0.15, -0.1) is 0 Å². The number of furan rings is 1. The Kier molecular flexibility index (Phi) is 6.19. The molecule has 0 spiro atoms. The van der Waals surface area contributed by atoms with Crippen molar-refractivity contribution in [3.63, 3.8) is 0 Å². The lowest BCUT2D eigenvalue weighted by molar-refractivity contribution is -0.118. The zero-order valence-corrected chi connectivity index (χ0v) is 16.2. The van der Waals surface area contributed by atoms with Gasteiger partial charge in [0.25, 0.3) is 5.91 Å². The summed E-state index contributed by atoms with van der Waals surface area (Å²) in [5.41, 5.74) is 5.40. The summed E-state index contributed by atoms with van der Waals surface area (Å²) >= 11 is 1.25. The van der Waals surface area contributed by atoms with E-state index in [0.717, 1.165) is 11.4 Å². The van der Waals surface area contributed by atoms with Crippen LogP contribution in [0.2, 0.25) is 0 Å². The van der Waals surface area contributed by atoms with Gasteiger partial charge >= 0.3 is 0 Å². The van der Waals surface area contributed by atoms with Gasteiger partial charge in [0, 0.05) is 17.0 Å². The third kappa shape index (κ3) is 5.05. The molecule has 0 aliphatic rings. The van der Waals surface area contributed by atoms with Crippen LogP contribution >= 0.6 is 11.8 Å². The molecule has 0 bridgehead atoms. The molecule has 0 unspecified atom stereocenters. The van der Waals surface area contributed by atoms with E-state index in [1.54, 1.807) is 24.3 Å². The van der Waals surface area contributed by atoms with Gasteiger partial charge in [0.1, 0.15) is 11.5 Å². The Morgan fingerprint density at radius 3 is 2.75 bits per heavy atom. The minimum absolute atomic E-state index is 0.152. The largest absolute Gasteiger partial charge is 0.455 e. The zero-order chi connectivity index (χ0) is 19.9. The number of hydrazone groups is 1. The minimum atomic E-state index is -0.273. The average molecular weight is 391 g/mol. The first kappa shape index (κ1) is 19.3. The summed E-state index contributed by atoms with van der Waals surface area (Å²) in [6.45, 7) is 3.77. The molecule has 1 aromatic carbocycles. The number of aryl methyl sites for hydroxylation is 2. The fourth-order valence-electron chi connectivity index (χ4n) is 2.45. The highest BCUT2D eigenvalue weighted by Gasteiger charge is 2.09. The molecule has 2 heterocycles. The summed E-state index contributed by atoms with van der Waals surface area (Å²) in [5.74, 6) is 0.908. The number of hydrogen-bond donors (Lipinski definition) is 1. The predicted octanol–water partition coefficient (Wildman–Crippen LogP) is 3.47. The Morgan fingerprint density at radius 2 is 2.00 bits per heavy atom. The molecular formula is C20H17N5O2S. The number of thioether (sulfide) groups is 1. The standard InChI is InChI=1S/C20H17N5O2S/c1-13-9-14(2)24-20(23-13)28-12-19(26)25-22-11-16-7-8-18(27-16)17-6-4-3-5-15(17)10-21/h3-9,11H,12H2,1-2H3,(H,25,26)/b22-11-. The molecule has 0 saturated carbocycles. The summed E-state index contributed by atoms with van der Waals surface area (Å²) in [5, 5.41) is 13.6. The number of benzene rings is 1. The molecule has 0 atom stereocenters. The van der Waals surface area contributed by atoms with Gasteiger partial charge in [0.2, 0.25) is 0 Å². The normalized spacial score (nSPS) is 10.8. The first-order valence-corrected chi connectivity index (χ1v) is 9.40. The van der Waals surface area contributed by atoms with Crippen molar-refractivity contribution in [2.24, 2.45) is 5.10 Å². The Labute approximate surface area is 166 Å². The second-order valence-electron chi connectivity index (χ2n) is 5.87. The highest BCUT2D eigenvalue weighted by atomic mass is 32.2. The topological polar surface area (TPSA) is 104 Å². The van der Waals surface area contributed by atoms with E-state index in [0.29, 0.717) is 27.8 Å². The van der Waals surface area contributed by atoms with Crippen molar-refractivity contribution in [3.05, 3.63) is 65.2 Å². The molecule has 0 fully saturated rings. The van der Waals surface area contributed by atoms with Gasteiger partial charge in [-0.3, -0.25) is 4.79 Å². The Bertz CT molecular complexity index is 1050. The number of nitrogens with zero attached hydrogens (tertiary/aromatic N) is 4. The van der Waals surface area contributed by atoms with Crippen LogP contribution in [0.3, 0.4) is 0 Å². The number of nitrogens with one attached hydrogen (secondary N) is 1. The molecule has 0 aliphatic carbocycles. The minimum Gasteiger partial charge on any atom is -0.455 e. The summed E-state index contributed by atoms with van der Waals surface area (Å²) in [4.78, 5) is 20.5. The first-order chi connectivity index (χ1) is 13.5. The molecule has 0 radical (unpaired) electrons. The quantitative estimate of drug-likeness (QED) is 0.299. The van der Waals surface area contributed by atoms with E-state index in [-0.39, 0.29) is 11.7 Å². The monoisotopic (exact) mass is 391 g/mol. The molecule has 0 saturated heterocycles. The van der Waals surface area contributed by atoms with E-state index in [1.165, 1.54) is 18.0 Å². The molecule has 0 aliphatic heterocycles. The van der Waals surface area contributed by atoms with Gasteiger partial charge in [0.05, 0.1) is 23.6 Å². The number of rotatable bonds is 6. The van der Waals surface area contributed by atoms with Crippen molar-refractivity contribution in [1.82, 2.24) is 15.4 Å². The van der Waals surface area contributed by atoms with Crippen molar-refractivity contribution in [2.75, 3.05) is 5.75 Å². The van der Waals surface area contributed by atoms with Crippen molar-refractivity contribution in [3.8, 4) is 17.4 Å². The van der Waals surface area contributed by atoms with E-state index >= 15 is 0 Å². The number of hydrogen-bond acceptors (Lipinski definition) is 7. The van der Waals surface area contributed by atoms with Gasteiger partial charge in [-0.1, -0.05) is 23.9 Å². The summed E-state index contributed by atoms with van der Waals surface area (Å²) in [7, 11) is 0. The van der Waals surface area contributed by atoms with Crippen LogP contribution in [-0.4, -0.2) is 27.8 Å². The lowest BCUT2D eigenvalue weighted by Gasteiger charge is -2.02. The maximum atomic E-state index is 11.9. The molecule has 28 heavy (non-hydrogen) atoms. The highest BCUT2D eigenvalue weighted by molar-refractivity contribution is 7.99. The van der Waals surface area contributed by atoms with E-state index in [1.807, 2.05) is 32.0 Å². The lowest BCUT2D eigenvalue weighted by Crippen LogP contribution is -2.19. The highest BCUT2D eigenvalue weighted by Crippen LogP contribution is 2.24. The number of carbonyl (C=O) groups excluding carboxylic acids is 1. The van der Waals surface area contributed by atoms with E-state index in [9.17, 15) is 10.1 Å². The van der Waals surface area contributed by atoms with Crippen molar-refractivity contribution in [1.29, 1.82) is 5.26 Å². The fourth-order valence-corrected chi connectivity index (χ4v) is 3.19. The van der Waals surface area contributed by atoms with E-state index in [2.05, 4.69) is 26.6 Å². The van der Waals surface area contributed by atoms with Crippen molar-refractivity contribution in [2.45, 2.75) is 19.0 Å². The number of carbonyl (C=O) groups is 1. The van der Waals surface area contributed by atoms with Crippen LogP contribution in [0.25, 0.3) is 11.3 Å². The van der Waals surface area contributed by atoms with Gasteiger partial charge in [-0.05, 0) is 44.2 Å². The summed E-state index contributed by atoms with van der Waals surface area (Å²) < 4.78 is 5.67. The van der Waals surface area contributed by atoms with Crippen LogP contribution in [0.15, 0.2) is 57.1 Å².